The molecule has 2 aromatic rings. The van der Waals surface area contributed by atoms with E-state index >= 15 is 0 Å². The molecular formula is C17H22N4O2. The smallest absolute Gasteiger partial charge is 0.322 e. The van der Waals surface area contributed by atoms with Crippen molar-refractivity contribution in [3.63, 3.8) is 0 Å². The molecule has 1 N–H and O–H groups in total. The predicted octanol–water partition coefficient (Wildman–Crippen LogP) is 1.98. The second-order valence-corrected chi connectivity index (χ2v) is 6.41. The fraction of sp³-hybridized carbons (Fsp3) is 0.471. The zero-order valence-corrected chi connectivity index (χ0v) is 14.0. The summed E-state index contributed by atoms with van der Waals surface area (Å²) >= 11 is 0. The van der Waals surface area contributed by atoms with Crippen molar-refractivity contribution in [1.29, 1.82) is 0 Å². The highest BCUT2D eigenvalue weighted by molar-refractivity contribution is 5.73. The first-order chi connectivity index (χ1) is 10.9. The van der Waals surface area contributed by atoms with Gasteiger partial charge in [0.2, 0.25) is 0 Å². The Morgan fingerprint density at radius 2 is 1.87 bits per heavy atom. The molecule has 1 aliphatic heterocycles. The molecular weight excluding hydrogens is 292 g/mol. The van der Waals surface area contributed by atoms with E-state index in [9.17, 15) is 9.90 Å². The van der Waals surface area contributed by atoms with Gasteiger partial charge in [0, 0.05) is 6.54 Å². The third-order valence-corrected chi connectivity index (χ3v) is 4.64. The molecule has 3 rings (SSSR count). The van der Waals surface area contributed by atoms with Crippen LogP contribution in [0.1, 0.15) is 33.9 Å². The number of hydrogen-bond donors (Lipinski definition) is 1. The van der Waals surface area contributed by atoms with Crippen LogP contribution in [0.5, 0.6) is 0 Å². The van der Waals surface area contributed by atoms with Gasteiger partial charge in [-0.15, -0.1) is 10.2 Å². The number of aromatic nitrogens is 3. The molecule has 0 spiro atoms. The molecule has 6 nitrogen and oxygen atoms in total. The third kappa shape index (κ3) is 2.86. The largest absolute Gasteiger partial charge is 0.480 e. The van der Waals surface area contributed by atoms with E-state index in [0.29, 0.717) is 19.6 Å². The molecule has 0 saturated carbocycles. The van der Waals surface area contributed by atoms with Crippen molar-refractivity contribution in [3.05, 3.63) is 46.0 Å². The number of aliphatic carboxylic acids is 1. The Balaban J connectivity index is 1.94. The Kier molecular flexibility index (Phi) is 3.93. The Bertz CT molecular complexity index is 743. The molecule has 0 radical (unpaired) electrons. The van der Waals surface area contributed by atoms with E-state index in [1.54, 1.807) is 0 Å². The number of hydrogen-bond acceptors (Lipinski definition) is 4. The lowest BCUT2D eigenvalue weighted by atomic mass is 9.98. The van der Waals surface area contributed by atoms with E-state index in [0.717, 1.165) is 11.6 Å². The SMILES string of the molecule is Cc1cc(C)c(CN2Cc3nnc(C)n3CC2C(=O)O)c(C)c1. The number of carbonyl (C=O) groups is 1. The highest BCUT2D eigenvalue weighted by Gasteiger charge is 2.33. The van der Waals surface area contributed by atoms with Crippen LogP contribution in [-0.4, -0.2) is 36.8 Å². The molecule has 1 aliphatic rings. The minimum atomic E-state index is -0.800. The topological polar surface area (TPSA) is 71.2 Å². The lowest BCUT2D eigenvalue weighted by molar-refractivity contribution is -0.145. The molecule has 122 valence electrons. The molecule has 1 unspecified atom stereocenters. The summed E-state index contributed by atoms with van der Waals surface area (Å²) < 4.78 is 1.91. The molecule has 6 heteroatoms. The van der Waals surface area contributed by atoms with E-state index < -0.39 is 12.0 Å². The minimum absolute atomic E-state index is 0.396. The first kappa shape index (κ1) is 15.7. The highest BCUT2D eigenvalue weighted by atomic mass is 16.4. The molecule has 0 saturated heterocycles. The van der Waals surface area contributed by atoms with E-state index in [1.165, 1.54) is 22.3 Å². The molecule has 1 aromatic carbocycles. The Morgan fingerprint density at radius 3 is 2.48 bits per heavy atom. The number of carboxylic acids is 1. The fourth-order valence-corrected chi connectivity index (χ4v) is 3.42. The molecule has 0 bridgehead atoms. The van der Waals surface area contributed by atoms with Crippen molar-refractivity contribution in [3.8, 4) is 0 Å². The van der Waals surface area contributed by atoms with Gasteiger partial charge in [0.25, 0.3) is 0 Å². The van der Waals surface area contributed by atoms with Crippen LogP contribution >= 0.6 is 0 Å². The van der Waals surface area contributed by atoms with Crippen molar-refractivity contribution < 1.29 is 9.90 Å². The van der Waals surface area contributed by atoms with Gasteiger partial charge in [0.1, 0.15) is 17.7 Å². The van der Waals surface area contributed by atoms with Gasteiger partial charge < -0.3 is 9.67 Å². The van der Waals surface area contributed by atoms with Crippen LogP contribution in [-0.2, 0) is 24.4 Å². The maximum absolute atomic E-state index is 11.7. The molecule has 1 aromatic heterocycles. The normalized spacial score (nSPS) is 18.0. The van der Waals surface area contributed by atoms with Crippen LogP contribution in [0.15, 0.2) is 12.1 Å². The van der Waals surface area contributed by atoms with Gasteiger partial charge in [0.05, 0.1) is 13.1 Å². The Morgan fingerprint density at radius 1 is 1.22 bits per heavy atom. The van der Waals surface area contributed by atoms with Gasteiger partial charge in [-0.05, 0) is 44.4 Å². The highest BCUT2D eigenvalue weighted by Crippen LogP contribution is 2.24. The Labute approximate surface area is 135 Å². The predicted molar refractivity (Wildman–Crippen MR) is 86.1 cm³/mol. The van der Waals surface area contributed by atoms with E-state index in [4.69, 9.17) is 0 Å². The number of fused-ring (bicyclic) bond motifs is 1. The third-order valence-electron chi connectivity index (χ3n) is 4.64. The summed E-state index contributed by atoms with van der Waals surface area (Å²) in [4.78, 5) is 13.7. The van der Waals surface area contributed by atoms with Crippen molar-refractivity contribution >= 4 is 5.97 Å². The summed E-state index contributed by atoms with van der Waals surface area (Å²) in [5, 5.41) is 17.9. The minimum Gasteiger partial charge on any atom is -0.480 e. The van der Waals surface area contributed by atoms with Gasteiger partial charge in [-0.1, -0.05) is 17.7 Å². The number of rotatable bonds is 3. The van der Waals surface area contributed by atoms with Gasteiger partial charge in [0.15, 0.2) is 0 Å². The number of carboxylic acid groups (broad SMARTS) is 1. The summed E-state index contributed by atoms with van der Waals surface area (Å²) in [6, 6.07) is 3.74. The maximum atomic E-state index is 11.7. The average Bonchev–Trinajstić information content (AvgIpc) is 2.82. The van der Waals surface area contributed by atoms with E-state index in [1.807, 2.05) is 16.4 Å². The lowest BCUT2D eigenvalue weighted by Gasteiger charge is -2.34. The second kappa shape index (κ2) is 5.77. The van der Waals surface area contributed by atoms with E-state index in [-0.39, 0.29) is 0 Å². The van der Waals surface area contributed by atoms with Gasteiger partial charge >= 0.3 is 5.97 Å². The summed E-state index contributed by atoms with van der Waals surface area (Å²) in [5.74, 6) is 0.808. The van der Waals surface area contributed by atoms with Gasteiger partial charge in [-0.25, -0.2) is 0 Å². The zero-order valence-electron chi connectivity index (χ0n) is 14.0. The van der Waals surface area contributed by atoms with Crippen LogP contribution in [0.3, 0.4) is 0 Å². The summed E-state index contributed by atoms with van der Waals surface area (Å²) in [7, 11) is 0. The van der Waals surface area contributed by atoms with Crippen LogP contribution < -0.4 is 0 Å². The quantitative estimate of drug-likeness (QED) is 0.938. The van der Waals surface area contributed by atoms with Crippen molar-refractivity contribution in [2.24, 2.45) is 0 Å². The monoisotopic (exact) mass is 314 g/mol. The second-order valence-electron chi connectivity index (χ2n) is 6.41. The molecule has 1 atom stereocenters. The van der Waals surface area contributed by atoms with Crippen molar-refractivity contribution in [2.75, 3.05) is 0 Å². The molecule has 2 heterocycles. The molecule has 23 heavy (non-hydrogen) atoms. The first-order valence-electron chi connectivity index (χ1n) is 7.79. The molecule has 0 fully saturated rings. The maximum Gasteiger partial charge on any atom is 0.322 e. The molecule has 0 amide bonds. The van der Waals surface area contributed by atoms with Gasteiger partial charge in [-0.3, -0.25) is 9.69 Å². The van der Waals surface area contributed by atoms with Crippen molar-refractivity contribution in [1.82, 2.24) is 19.7 Å². The standard InChI is InChI=1S/C17H22N4O2/c1-10-5-11(2)14(12(3)6-10)7-20-9-16-19-18-13(4)21(16)8-15(20)17(22)23/h5-6,15H,7-9H2,1-4H3,(H,22,23). The summed E-state index contributed by atoms with van der Waals surface area (Å²) in [5.41, 5.74) is 4.84. The van der Waals surface area contributed by atoms with Crippen LogP contribution in [0.25, 0.3) is 0 Å². The molecule has 0 aliphatic carbocycles. The van der Waals surface area contributed by atoms with E-state index in [2.05, 4.69) is 43.1 Å². The Hall–Kier alpha value is -2.21. The number of benzene rings is 1. The number of nitrogens with zero attached hydrogens (tertiary/aromatic N) is 4. The zero-order chi connectivity index (χ0) is 16.7. The number of aryl methyl sites for hydroxylation is 4. The van der Waals surface area contributed by atoms with Crippen LogP contribution in [0, 0.1) is 27.7 Å². The summed E-state index contributed by atoms with van der Waals surface area (Å²) in [6.45, 7) is 9.62. The van der Waals surface area contributed by atoms with Crippen LogP contribution in [0.2, 0.25) is 0 Å². The summed E-state index contributed by atoms with van der Waals surface area (Å²) in [6.07, 6.45) is 0. The fourth-order valence-electron chi connectivity index (χ4n) is 3.42. The lowest BCUT2D eigenvalue weighted by Crippen LogP contribution is -2.47. The average molecular weight is 314 g/mol. The van der Waals surface area contributed by atoms with Gasteiger partial charge in [-0.2, -0.15) is 0 Å². The van der Waals surface area contributed by atoms with Crippen LogP contribution in [0.4, 0.5) is 0 Å². The first-order valence-corrected chi connectivity index (χ1v) is 7.79. The van der Waals surface area contributed by atoms with Crippen molar-refractivity contribution in [2.45, 2.75) is 53.4 Å².